The van der Waals surface area contributed by atoms with Gasteiger partial charge in [-0.25, -0.2) is 0 Å². The Balaban J connectivity index is 1.79. The maximum absolute atomic E-state index is 10.3. The molecule has 1 fully saturated rings. The molecule has 0 aliphatic heterocycles. The maximum atomic E-state index is 10.3. The fourth-order valence-electron chi connectivity index (χ4n) is 2.52. The van der Waals surface area contributed by atoms with Crippen LogP contribution in [0, 0.1) is 0 Å². The molecule has 3 N–H and O–H groups in total. The molecule has 1 saturated carbocycles. The van der Waals surface area contributed by atoms with Gasteiger partial charge in [-0.05, 0) is 31.9 Å². The van der Waals surface area contributed by atoms with Crippen molar-refractivity contribution in [2.24, 2.45) is 4.99 Å². The first-order chi connectivity index (χ1) is 9.72. The fourth-order valence-corrected chi connectivity index (χ4v) is 2.52. The standard InChI is InChI=1S/C15H25N3O2/c1-2-16-14(17-10-7-13-6-5-11-20-13)18-12-15(19)8-3-4-9-15/h5-6,11,19H,2-4,7-10,12H2,1H3,(H2,16,17,18). The SMILES string of the molecule is CCNC(=NCC1(O)CCCC1)NCCc1ccco1. The third kappa shape index (κ3) is 4.56. The van der Waals surface area contributed by atoms with E-state index in [0.29, 0.717) is 6.54 Å². The van der Waals surface area contributed by atoms with Crippen molar-refractivity contribution in [3.63, 3.8) is 0 Å². The Morgan fingerprint density at radius 3 is 2.85 bits per heavy atom. The van der Waals surface area contributed by atoms with Crippen molar-refractivity contribution >= 4 is 5.96 Å². The van der Waals surface area contributed by atoms with Gasteiger partial charge in [-0.15, -0.1) is 0 Å². The lowest BCUT2D eigenvalue weighted by atomic mass is 10.0. The molecule has 112 valence electrons. The van der Waals surface area contributed by atoms with Crippen molar-refractivity contribution in [3.05, 3.63) is 24.2 Å². The molecule has 0 amide bonds. The van der Waals surface area contributed by atoms with Gasteiger partial charge in [-0.3, -0.25) is 4.99 Å². The predicted molar refractivity (Wildman–Crippen MR) is 79.8 cm³/mol. The van der Waals surface area contributed by atoms with E-state index in [1.807, 2.05) is 19.1 Å². The van der Waals surface area contributed by atoms with Gasteiger partial charge in [0.05, 0.1) is 18.4 Å². The summed E-state index contributed by atoms with van der Waals surface area (Å²) in [7, 11) is 0. The lowest BCUT2D eigenvalue weighted by Crippen LogP contribution is -2.40. The molecule has 20 heavy (non-hydrogen) atoms. The molecule has 1 heterocycles. The van der Waals surface area contributed by atoms with Crippen LogP contribution in [0.5, 0.6) is 0 Å². The van der Waals surface area contributed by atoms with Crippen LogP contribution in [0.15, 0.2) is 27.8 Å². The van der Waals surface area contributed by atoms with E-state index >= 15 is 0 Å². The molecule has 0 spiro atoms. The summed E-state index contributed by atoms with van der Waals surface area (Å²) in [6.07, 6.45) is 6.44. The average molecular weight is 279 g/mol. The van der Waals surface area contributed by atoms with E-state index in [9.17, 15) is 5.11 Å². The molecule has 1 aliphatic rings. The van der Waals surface area contributed by atoms with Crippen LogP contribution in [0.2, 0.25) is 0 Å². The van der Waals surface area contributed by atoms with Crippen LogP contribution >= 0.6 is 0 Å². The Bertz CT molecular complexity index is 409. The van der Waals surface area contributed by atoms with E-state index in [2.05, 4.69) is 15.6 Å². The lowest BCUT2D eigenvalue weighted by molar-refractivity contribution is 0.0574. The van der Waals surface area contributed by atoms with Crippen LogP contribution in [0.25, 0.3) is 0 Å². The van der Waals surface area contributed by atoms with Gasteiger partial charge in [0, 0.05) is 19.5 Å². The molecule has 1 aromatic heterocycles. The summed E-state index contributed by atoms with van der Waals surface area (Å²) in [6, 6.07) is 3.86. The van der Waals surface area contributed by atoms with Crippen molar-refractivity contribution < 1.29 is 9.52 Å². The Labute approximate surface area is 120 Å². The zero-order chi connectivity index (χ0) is 14.3. The molecule has 0 bridgehead atoms. The summed E-state index contributed by atoms with van der Waals surface area (Å²) in [5, 5.41) is 16.8. The number of nitrogens with one attached hydrogen (secondary N) is 2. The Hall–Kier alpha value is -1.49. The summed E-state index contributed by atoms with van der Waals surface area (Å²) in [5.41, 5.74) is -0.594. The number of aliphatic hydroxyl groups is 1. The van der Waals surface area contributed by atoms with Crippen molar-refractivity contribution in [2.75, 3.05) is 19.6 Å². The second kappa shape index (κ2) is 7.33. The van der Waals surface area contributed by atoms with Crippen molar-refractivity contribution in [1.29, 1.82) is 0 Å². The van der Waals surface area contributed by atoms with Crippen LogP contribution in [-0.2, 0) is 6.42 Å². The van der Waals surface area contributed by atoms with E-state index in [4.69, 9.17) is 4.42 Å². The Morgan fingerprint density at radius 1 is 1.40 bits per heavy atom. The minimum absolute atomic E-state index is 0.475. The minimum Gasteiger partial charge on any atom is -0.469 e. The Kier molecular flexibility index (Phi) is 5.47. The quantitative estimate of drug-likeness (QED) is 0.547. The monoisotopic (exact) mass is 279 g/mol. The van der Waals surface area contributed by atoms with Gasteiger partial charge in [0.1, 0.15) is 5.76 Å². The molecule has 0 radical (unpaired) electrons. The molecular weight excluding hydrogens is 254 g/mol. The van der Waals surface area contributed by atoms with Crippen molar-refractivity contribution in [3.8, 4) is 0 Å². The normalized spacial score (nSPS) is 18.2. The van der Waals surface area contributed by atoms with Crippen LogP contribution in [0.3, 0.4) is 0 Å². The first-order valence-corrected chi connectivity index (χ1v) is 7.49. The first kappa shape index (κ1) is 14.9. The largest absolute Gasteiger partial charge is 0.469 e. The van der Waals surface area contributed by atoms with Gasteiger partial charge < -0.3 is 20.2 Å². The smallest absolute Gasteiger partial charge is 0.191 e. The van der Waals surface area contributed by atoms with Gasteiger partial charge in [-0.1, -0.05) is 12.8 Å². The maximum Gasteiger partial charge on any atom is 0.191 e. The molecule has 5 nitrogen and oxygen atoms in total. The van der Waals surface area contributed by atoms with Crippen LogP contribution in [0.1, 0.15) is 38.4 Å². The van der Waals surface area contributed by atoms with Gasteiger partial charge in [0.15, 0.2) is 5.96 Å². The average Bonchev–Trinajstić information content (AvgIpc) is 3.08. The fraction of sp³-hybridized carbons (Fsp3) is 0.667. The molecule has 0 atom stereocenters. The molecule has 2 rings (SSSR count). The zero-order valence-electron chi connectivity index (χ0n) is 12.2. The molecule has 1 aliphatic carbocycles. The summed E-state index contributed by atoms with van der Waals surface area (Å²) < 4.78 is 5.29. The van der Waals surface area contributed by atoms with E-state index < -0.39 is 5.60 Å². The summed E-state index contributed by atoms with van der Waals surface area (Å²) >= 11 is 0. The number of rotatable bonds is 6. The van der Waals surface area contributed by atoms with Gasteiger partial charge >= 0.3 is 0 Å². The van der Waals surface area contributed by atoms with E-state index in [-0.39, 0.29) is 0 Å². The van der Waals surface area contributed by atoms with E-state index in [0.717, 1.165) is 56.9 Å². The predicted octanol–water partition coefficient (Wildman–Crippen LogP) is 1.68. The number of hydrogen-bond acceptors (Lipinski definition) is 3. The second-order valence-electron chi connectivity index (χ2n) is 5.38. The second-order valence-corrected chi connectivity index (χ2v) is 5.38. The highest BCUT2D eigenvalue weighted by molar-refractivity contribution is 5.79. The molecule has 0 saturated heterocycles. The summed E-state index contributed by atoms with van der Waals surface area (Å²) in [6.45, 7) is 4.08. The number of guanidine groups is 1. The van der Waals surface area contributed by atoms with Crippen molar-refractivity contribution in [1.82, 2.24) is 10.6 Å². The molecule has 5 heteroatoms. The van der Waals surface area contributed by atoms with Crippen LogP contribution in [-0.4, -0.2) is 36.3 Å². The third-order valence-electron chi connectivity index (χ3n) is 3.65. The first-order valence-electron chi connectivity index (χ1n) is 7.49. The number of hydrogen-bond donors (Lipinski definition) is 3. The number of nitrogens with zero attached hydrogens (tertiary/aromatic N) is 1. The number of aliphatic imine (C=N–C) groups is 1. The highest BCUT2D eigenvalue weighted by Gasteiger charge is 2.30. The Morgan fingerprint density at radius 2 is 2.20 bits per heavy atom. The van der Waals surface area contributed by atoms with Crippen LogP contribution in [0.4, 0.5) is 0 Å². The minimum atomic E-state index is -0.594. The van der Waals surface area contributed by atoms with Gasteiger partial charge in [-0.2, -0.15) is 0 Å². The van der Waals surface area contributed by atoms with E-state index in [1.165, 1.54) is 0 Å². The molecule has 0 unspecified atom stereocenters. The van der Waals surface area contributed by atoms with Crippen LogP contribution < -0.4 is 10.6 Å². The lowest BCUT2D eigenvalue weighted by Gasteiger charge is -2.20. The van der Waals surface area contributed by atoms with Gasteiger partial charge in [0.25, 0.3) is 0 Å². The summed E-state index contributed by atoms with van der Waals surface area (Å²) in [5.74, 6) is 1.72. The van der Waals surface area contributed by atoms with E-state index in [1.54, 1.807) is 6.26 Å². The summed E-state index contributed by atoms with van der Waals surface area (Å²) in [4.78, 5) is 4.50. The number of furan rings is 1. The molecule has 1 aromatic rings. The van der Waals surface area contributed by atoms with Gasteiger partial charge in [0.2, 0.25) is 0 Å². The highest BCUT2D eigenvalue weighted by Crippen LogP contribution is 2.29. The molecule has 0 aromatic carbocycles. The topological polar surface area (TPSA) is 69.8 Å². The molecular formula is C15H25N3O2. The third-order valence-corrected chi connectivity index (χ3v) is 3.65. The van der Waals surface area contributed by atoms with Crippen molar-refractivity contribution in [2.45, 2.75) is 44.6 Å². The zero-order valence-corrected chi connectivity index (χ0v) is 12.2. The highest BCUT2D eigenvalue weighted by atomic mass is 16.3.